The lowest BCUT2D eigenvalue weighted by Gasteiger charge is -2.20. The van der Waals surface area contributed by atoms with E-state index in [1.807, 2.05) is 36.4 Å². The molecule has 1 aliphatic heterocycles. The van der Waals surface area contributed by atoms with Crippen LogP contribution in [0, 0.1) is 6.92 Å². The van der Waals surface area contributed by atoms with Crippen LogP contribution in [-0.4, -0.2) is 19.2 Å². The molecule has 2 N–H and O–H groups in total. The van der Waals surface area contributed by atoms with E-state index in [1.54, 1.807) is 0 Å². The number of hydrogen-bond acceptors (Lipinski definition) is 4. The van der Waals surface area contributed by atoms with Gasteiger partial charge in [-0.3, -0.25) is 10.1 Å². The number of amides is 1. The number of rotatable bonds is 7. The molecule has 0 bridgehead atoms. The first-order valence-corrected chi connectivity index (χ1v) is 9.69. The third-order valence-corrected chi connectivity index (χ3v) is 4.94. The zero-order chi connectivity index (χ0) is 20.1. The maximum Gasteiger partial charge on any atom is 0.234 e. The summed E-state index contributed by atoms with van der Waals surface area (Å²) in [5.41, 5.74) is 4.44. The average molecular weight is 388 g/mol. The number of carbonyl (C=O) groups excluding carboxylic acids is 1. The van der Waals surface area contributed by atoms with Gasteiger partial charge in [0.15, 0.2) is 11.5 Å². The van der Waals surface area contributed by atoms with Crippen molar-refractivity contribution >= 4 is 5.91 Å². The number of aryl methyl sites for hydroxylation is 1. The largest absolute Gasteiger partial charge is 0.454 e. The average Bonchev–Trinajstić information content (AvgIpc) is 3.22. The van der Waals surface area contributed by atoms with Gasteiger partial charge in [-0.2, -0.15) is 0 Å². The van der Waals surface area contributed by atoms with Crippen molar-refractivity contribution < 1.29 is 14.3 Å². The zero-order valence-corrected chi connectivity index (χ0v) is 16.4. The van der Waals surface area contributed by atoms with Gasteiger partial charge in [0.25, 0.3) is 0 Å². The van der Waals surface area contributed by atoms with Gasteiger partial charge in [0, 0.05) is 6.54 Å². The molecule has 0 fully saturated rings. The van der Waals surface area contributed by atoms with Crippen LogP contribution in [0.25, 0.3) is 0 Å². The van der Waals surface area contributed by atoms with Crippen LogP contribution in [0.1, 0.15) is 28.3 Å². The molecule has 0 unspecified atom stereocenters. The Balaban J connectivity index is 1.38. The van der Waals surface area contributed by atoms with Gasteiger partial charge in [0.05, 0.1) is 12.6 Å². The van der Waals surface area contributed by atoms with E-state index in [2.05, 4.69) is 54.0 Å². The molecule has 1 amide bonds. The quantitative estimate of drug-likeness (QED) is 0.648. The highest BCUT2D eigenvalue weighted by molar-refractivity contribution is 5.78. The second-order valence-electron chi connectivity index (χ2n) is 7.10. The van der Waals surface area contributed by atoms with Crippen molar-refractivity contribution in [2.24, 2.45) is 0 Å². The highest BCUT2D eigenvalue weighted by atomic mass is 16.7. The summed E-state index contributed by atoms with van der Waals surface area (Å²) in [5, 5.41) is 6.35. The van der Waals surface area contributed by atoms with Crippen molar-refractivity contribution in [1.82, 2.24) is 10.6 Å². The highest BCUT2D eigenvalue weighted by Gasteiger charge is 2.16. The zero-order valence-electron chi connectivity index (χ0n) is 16.4. The molecule has 4 rings (SSSR count). The lowest BCUT2D eigenvalue weighted by molar-refractivity contribution is -0.120. The van der Waals surface area contributed by atoms with Crippen LogP contribution >= 0.6 is 0 Å². The van der Waals surface area contributed by atoms with Crippen molar-refractivity contribution in [2.75, 3.05) is 13.3 Å². The van der Waals surface area contributed by atoms with Gasteiger partial charge < -0.3 is 14.8 Å². The van der Waals surface area contributed by atoms with Crippen LogP contribution in [0.15, 0.2) is 72.8 Å². The summed E-state index contributed by atoms with van der Waals surface area (Å²) in [6.45, 7) is 2.98. The molecule has 0 spiro atoms. The van der Waals surface area contributed by atoms with Gasteiger partial charge in [0.1, 0.15) is 0 Å². The van der Waals surface area contributed by atoms with E-state index in [4.69, 9.17) is 9.47 Å². The Kier molecular flexibility index (Phi) is 5.77. The molecular formula is C24H24N2O3. The molecule has 0 aliphatic carbocycles. The van der Waals surface area contributed by atoms with Gasteiger partial charge >= 0.3 is 0 Å². The predicted molar refractivity (Wildman–Crippen MR) is 112 cm³/mol. The number of benzene rings is 3. The van der Waals surface area contributed by atoms with Crippen molar-refractivity contribution in [3.63, 3.8) is 0 Å². The van der Waals surface area contributed by atoms with E-state index >= 15 is 0 Å². The fourth-order valence-corrected chi connectivity index (χ4v) is 3.34. The van der Waals surface area contributed by atoms with E-state index in [1.165, 1.54) is 5.56 Å². The Morgan fingerprint density at radius 3 is 2.45 bits per heavy atom. The summed E-state index contributed by atoms with van der Waals surface area (Å²) in [5.74, 6) is 1.40. The third-order valence-electron chi connectivity index (χ3n) is 4.94. The van der Waals surface area contributed by atoms with Gasteiger partial charge in [-0.25, -0.2) is 0 Å². The van der Waals surface area contributed by atoms with Gasteiger partial charge in [-0.05, 0) is 35.7 Å². The summed E-state index contributed by atoms with van der Waals surface area (Å²) < 4.78 is 10.7. The molecule has 1 heterocycles. The molecule has 0 saturated carbocycles. The number of ether oxygens (including phenoxy) is 2. The maximum absolute atomic E-state index is 12.4. The van der Waals surface area contributed by atoms with E-state index < -0.39 is 0 Å². The summed E-state index contributed by atoms with van der Waals surface area (Å²) in [6.07, 6.45) is 0. The van der Waals surface area contributed by atoms with Crippen LogP contribution < -0.4 is 20.1 Å². The molecule has 1 aliphatic rings. The molecule has 5 nitrogen and oxygen atoms in total. The summed E-state index contributed by atoms with van der Waals surface area (Å²) >= 11 is 0. The van der Waals surface area contributed by atoms with E-state index in [0.29, 0.717) is 6.54 Å². The van der Waals surface area contributed by atoms with Crippen molar-refractivity contribution in [3.8, 4) is 11.5 Å². The number of hydrogen-bond donors (Lipinski definition) is 2. The van der Waals surface area contributed by atoms with Crippen LogP contribution in [0.2, 0.25) is 0 Å². The molecule has 3 aromatic rings. The fourth-order valence-electron chi connectivity index (χ4n) is 3.34. The molecule has 0 saturated heterocycles. The van der Waals surface area contributed by atoms with Crippen molar-refractivity contribution in [3.05, 3.63) is 95.1 Å². The minimum Gasteiger partial charge on any atom is -0.454 e. The predicted octanol–water partition coefficient (Wildman–Crippen LogP) is 3.72. The van der Waals surface area contributed by atoms with E-state index in [0.717, 1.165) is 28.2 Å². The number of carbonyl (C=O) groups is 1. The highest BCUT2D eigenvalue weighted by Crippen LogP contribution is 2.32. The summed E-state index contributed by atoms with van der Waals surface area (Å²) in [6, 6.07) is 24.2. The molecule has 1 atom stereocenters. The van der Waals surface area contributed by atoms with E-state index in [9.17, 15) is 4.79 Å². The molecule has 0 radical (unpaired) electrons. The molecule has 148 valence electrons. The lowest BCUT2D eigenvalue weighted by Crippen LogP contribution is -2.35. The van der Waals surface area contributed by atoms with E-state index in [-0.39, 0.29) is 25.3 Å². The minimum absolute atomic E-state index is 0.0481. The Bertz CT molecular complexity index is 971. The fraction of sp³-hybridized carbons (Fsp3) is 0.208. The third kappa shape index (κ3) is 4.76. The standard InChI is InChI=1S/C24H24N2O3/c1-17-7-10-20(11-8-17)24(19-5-3-2-4-6-19)26-15-23(27)25-14-18-9-12-21-22(13-18)29-16-28-21/h2-13,24,26H,14-16H2,1H3,(H,25,27)/t24-/m1/s1. The Morgan fingerprint density at radius 1 is 0.931 bits per heavy atom. The Morgan fingerprint density at radius 2 is 1.66 bits per heavy atom. The summed E-state index contributed by atoms with van der Waals surface area (Å²) in [7, 11) is 0. The molecule has 5 heteroatoms. The SMILES string of the molecule is Cc1ccc([C@H](NCC(=O)NCc2ccc3c(c2)OCO3)c2ccccc2)cc1. The van der Waals surface area contributed by atoms with Gasteiger partial charge in [-0.15, -0.1) is 0 Å². The second kappa shape index (κ2) is 8.80. The van der Waals surface area contributed by atoms with Gasteiger partial charge in [0.2, 0.25) is 12.7 Å². The first-order chi connectivity index (χ1) is 14.2. The molecule has 3 aromatic carbocycles. The maximum atomic E-state index is 12.4. The van der Waals surface area contributed by atoms with Crippen LogP contribution in [0.3, 0.4) is 0 Å². The second-order valence-corrected chi connectivity index (χ2v) is 7.10. The first kappa shape index (κ1) is 19.0. The Hall–Kier alpha value is -3.31. The van der Waals surface area contributed by atoms with Crippen LogP contribution in [0.4, 0.5) is 0 Å². The number of nitrogens with one attached hydrogen (secondary N) is 2. The van der Waals surface area contributed by atoms with Crippen LogP contribution in [0.5, 0.6) is 11.5 Å². The smallest absolute Gasteiger partial charge is 0.234 e. The lowest BCUT2D eigenvalue weighted by atomic mass is 9.98. The topological polar surface area (TPSA) is 59.6 Å². The van der Waals surface area contributed by atoms with Crippen molar-refractivity contribution in [1.29, 1.82) is 0 Å². The Labute approximate surface area is 170 Å². The van der Waals surface area contributed by atoms with Gasteiger partial charge in [-0.1, -0.05) is 66.2 Å². The first-order valence-electron chi connectivity index (χ1n) is 9.69. The normalized spacial score (nSPS) is 13.1. The summed E-state index contributed by atoms with van der Waals surface area (Å²) in [4.78, 5) is 12.4. The van der Waals surface area contributed by atoms with Crippen LogP contribution in [-0.2, 0) is 11.3 Å². The number of fused-ring (bicyclic) bond motifs is 1. The monoisotopic (exact) mass is 388 g/mol. The minimum atomic E-state index is -0.0595. The molecule has 29 heavy (non-hydrogen) atoms. The molecular weight excluding hydrogens is 364 g/mol. The molecule has 0 aromatic heterocycles. The van der Waals surface area contributed by atoms with Crippen molar-refractivity contribution in [2.45, 2.75) is 19.5 Å².